The highest BCUT2D eigenvalue weighted by Gasteiger charge is 2.43. The van der Waals surface area contributed by atoms with Crippen molar-refractivity contribution in [2.75, 3.05) is 14.1 Å². The van der Waals surface area contributed by atoms with Crippen molar-refractivity contribution in [3.63, 3.8) is 0 Å². The van der Waals surface area contributed by atoms with Crippen LogP contribution in [0.3, 0.4) is 0 Å². The van der Waals surface area contributed by atoms with E-state index in [0.29, 0.717) is 0 Å². The molecule has 0 saturated heterocycles. The van der Waals surface area contributed by atoms with Crippen molar-refractivity contribution < 1.29 is 4.79 Å². The van der Waals surface area contributed by atoms with Gasteiger partial charge in [0.15, 0.2) is 5.78 Å². The molecule has 2 nitrogen and oxygen atoms in total. The summed E-state index contributed by atoms with van der Waals surface area (Å²) in [6, 6.07) is 9.51. The Morgan fingerprint density at radius 2 is 1.76 bits per heavy atom. The van der Waals surface area contributed by atoms with Crippen molar-refractivity contribution >= 4 is 13.9 Å². The van der Waals surface area contributed by atoms with Gasteiger partial charge in [0.25, 0.3) is 0 Å². The van der Waals surface area contributed by atoms with Crippen molar-refractivity contribution in [3.05, 3.63) is 59.7 Å². The van der Waals surface area contributed by atoms with Crippen molar-refractivity contribution in [1.29, 1.82) is 0 Å². The van der Waals surface area contributed by atoms with Gasteiger partial charge in [-0.1, -0.05) is 68.2 Å². The second-order valence-corrected chi connectivity index (χ2v) is 12.3. The number of allylic oxidation sites excluding steroid dienone is 2. The number of ketones is 1. The van der Waals surface area contributed by atoms with Gasteiger partial charge in [-0.25, -0.2) is 0 Å². The fourth-order valence-corrected chi connectivity index (χ4v) is 5.75. The fourth-order valence-electron chi connectivity index (χ4n) is 3.11. The topological polar surface area (TPSA) is 20.3 Å². The minimum Gasteiger partial charge on any atom is -0.303 e. The van der Waals surface area contributed by atoms with E-state index in [2.05, 4.69) is 50.8 Å². The van der Waals surface area contributed by atoms with Gasteiger partial charge in [0, 0.05) is 16.3 Å². The Morgan fingerprint density at radius 3 is 2.19 bits per heavy atom. The highest BCUT2D eigenvalue weighted by atomic mass is 28.3. The Hall–Kier alpha value is -1.45. The van der Waals surface area contributed by atoms with Gasteiger partial charge in [-0.2, -0.15) is 0 Å². The standard InChI is InChI=1S/C18H25NOSi/c1-19(2)18(21(3,4)5)13-11-16(12-14-18)17(20)15-9-7-6-8-10-15/h6-13H,14H2,1-5H3. The minimum atomic E-state index is -1.43. The monoisotopic (exact) mass is 299 g/mol. The number of carbonyl (C=O) groups excluding carboxylic acids is 1. The number of rotatable bonds is 4. The van der Waals surface area contributed by atoms with E-state index in [1.165, 1.54) is 0 Å². The molecule has 1 unspecified atom stereocenters. The van der Waals surface area contributed by atoms with Crippen LogP contribution in [0.15, 0.2) is 54.1 Å². The summed E-state index contributed by atoms with van der Waals surface area (Å²) in [6.45, 7) is 7.15. The summed E-state index contributed by atoms with van der Waals surface area (Å²) in [5.41, 5.74) is 1.58. The summed E-state index contributed by atoms with van der Waals surface area (Å²) in [5, 5.41) is 0.0907. The van der Waals surface area contributed by atoms with Crippen LogP contribution in [0, 0.1) is 0 Å². The van der Waals surface area contributed by atoms with Crippen LogP contribution >= 0.6 is 0 Å². The predicted octanol–water partition coefficient (Wildman–Crippen LogP) is 3.93. The van der Waals surface area contributed by atoms with Crippen LogP contribution in [-0.2, 0) is 0 Å². The largest absolute Gasteiger partial charge is 0.303 e. The molecule has 0 bridgehead atoms. The third-order valence-electron chi connectivity index (χ3n) is 4.57. The number of Topliss-reactive ketones (excluding diaryl/α,β-unsaturated/α-hetero) is 1. The first-order valence-corrected chi connectivity index (χ1v) is 10.9. The molecule has 112 valence electrons. The van der Waals surface area contributed by atoms with Crippen LogP contribution in [0.5, 0.6) is 0 Å². The molecule has 1 aliphatic carbocycles. The lowest BCUT2D eigenvalue weighted by Crippen LogP contribution is -2.60. The molecule has 1 aromatic rings. The van der Waals surface area contributed by atoms with E-state index in [9.17, 15) is 4.79 Å². The smallest absolute Gasteiger partial charge is 0.192 e. The maximum Gasteiger partial charge on any atom is 0.192 e. The summed E-state index contributed by atoms with van der Waals surface area (Å²) in [4.78, 5) is 14.8. The SMILES string of the molecule is CN(C)C1([Si](C)(C)C)C=CC(C(=O)c2ccccc2)=CC1. The zero-order valence-electron chi connectivity index (χ0n) is 13.7. The van der Waals surface area contributed by atoms with Gasteiger partial charge < -0.3 is 4.90 Å². The van der Waals surface area contributed by atoms with E-state index in [-0.39, 0.29) is 10.9 Å². The quantitative estimate of drug-likeness (QED) is 0.620. The molecule has 0 aromatic heterocycles. The molecule has 3 heteroatoms. The predicted molar refractivity (Wildman–Crippen MR) is 92.4 cm³/mol. The van der Waals surface area contributed by atoms with Crippen LogP contribution in [-0.4, -0.2) is 38.0 Å². The first-order chi connectivity index (χ1) is 9.78. The lowest BCUT2D eigenvalue weighted by molar-refractivity contribution is 0.103. The van der Waals surface area contributed by atoms with Crippen molar-refractivity contribution in [1.82, 2.24) is 4.90 Å². The normalized spacial score (nSPS) is 22.3. The van der Waals surface area contributed by atoms with Gasteiger partial charge >= 0.3 is 0 Å². The van der Waals surface area contributed by atoms with E-state index >= 15 is 0 Å². The van der Waals surface area contributed by atoms with Gasteiger partial charge in [-0.05, 0) is 20.5 Å². The van der Waals surface area contributed by atoms with Crippen LogP contribution in [0.25, 0.3) is 0 Å². The summed E-state index contributed by atoms with van der Waals surface area (Å²) in [6.07, 6.45) is 7.32. The molecule has 0 N–H and O–H groups in total. The van der Waals surface area contributed by atoms with E-state index in [1.54, 1.807) is 0 Å². The molecular formula is C18H25NOSi. The number of likely N-dealkylation sites (N-methyl/N-ethyl adjacent to an activating group) is 1. The number of nitrogens with zero attached hydrogens (tertiary/aromatic N) is 1. The number of hydrogen-bond acceptors (Lipinski definition) is 2. The Balaban J connectivity index is 2.27. The van der Waals surface area contributed by atoms with Gasteiger partial charge in [-0.3, -0.25) is 4.79 Å². The maximum absolute atomic E-state index is 12.5. The average molecular weight is 299 g/mol. The molecule has 21 heavy (non-hydrogen) atoms. The lowest BCUT2D eigenvalue weighted by Gasteiger charge is -2.47. The van der Waals surface area contributed by atoms with Gasteiger partial charge in [0.1, 0.15) is 0 Å². The molecule has 2 rings (SSSR count). The highest BCUT2D eigenvalue weighted by Crippen LogP contribution is 2.35. The van der Waals surface area contributed by atoms with E-state index in [1.807, 2.05) is 36.4 Å². The fraction of sp³-hybridized carbons (Fsp3) is 0.389. The zero-order chi connectivity index (χ0) is 15.7. The Morgan fingerprint density at radius 1 is 1.14 bits per heavy atom. The molecule has 0 fully saturated rings. The summed E-state index contributed by atoms with van der Waals surface area (Å²) in [7, 11) is 2.85. The Bertz CT molecular complexity index is 581. The third-order valence-corrected chi connectivity index (χ3v) is 7.98. The Labute approximate surface area is 129 Å². The van der Waals surface area contributed by atoms with Crippen LogP contribution in [0.1, 0.15) is 16.8 Å². The van der Waals surface area contributed by atoms with Gasteiger partial charge in [0.2, 0.25) is 0 Å². The molecule has 0 spiro atoms. The van der Waals surface area contributed by atoms with E-state index in [4.69, 9.17) is 0 Å². The molecule has 1 aromatic carbocycles. The molecule has 0 aliphatic heterocycles. The molecular weight excluding hydrogens is 274 g/mol. The second kappa shape index (κ2) is 5.74. The van der Waals surface area contributed by atoms with Gasteiger partial charge in [0.05, 0.1) is 8.07 Å². The summed E-state index contributed by atoms with van der Waals surface area (Å²) in [5.74, 6) is 0.120. The molecule has 0 heterocycles. The molecule has 0 saturated carbocycles. The number of carbonyl (C=O) groups is 1. The van der Waals surface area contributed by atoms with E-state index in [0.717, 1.165) is 17.6 Å². The van der Waals surface area contributed by atoms with Crippen molar-refractivity contribution in [2.45, 2.75) is 31.2 Å². The van der Waals surface area contributed by atoms with Crippen LogP contribution < -0.4 is 0 Å². The van der Waals surface area contributed by atoms with Crippen molar-refractivity contribution in [3.8, 4) is 0 Å². The third kappa shape index (κ3) is 2.94. The maximum atomic E-state index is 12.5. The number of benzene rings is 1. The first-order valence-electron chi connectivity index (χ1n) is 7.44. The van der Waals surface area contributed by atoms with Gasteiger partial charge in [-0.15, -0.1) is 0 Å². The van der Waals surface area contributed by atoms with Crippen molar-refractivity contribution in [2.24, 2.45) is 0 Å². The van der Waals surface area contributed by atoms with E-state index < -0.39 is 8.07 Å². The highest BCUT2D eigenvalue weighted by molar-refractivity contribution is 6.79. The number of hydrogen-bond donors (Lipinski definition) is 0. The summed E-state index contributed by atoms with van der Waals surface area (Å²) < 4.78 is 0. The average Bonchev–Trinajstić information content (AvgIpc) is 2.46. The molecule has 1 atom stereocenters. The Kier molecular flexibility index (Phi) is 4.35. The lowest BCUT2D eigenvalue weighted by atomic mass is 9.95. The summed E-state index contributed by atoms with van der Waals surface area (Å²) >= 11 is 0. The molecule has 0 radical (unpaired) electrons. The van der Waals surface area contributed by atoms with Crippen LogP contribution in [0.4, 0.5) is 0 Å². The molecule has 0 amide bonds. The minimum absolute atomic E-state index is 0.0907. The first kappa shape index (κ1) is 15.9. The zero-order valence-corrected chi connectivity index (χ0v) is 14.7. The van der Waals surface area contributed by atoms with Crippen LogP contribution in [0.2, 0.25) is 19.6 Å². The second-order valence-electron chi connectivity index (χ2n) is 6.96. The molecule has 1 aliphatic rings.